The third-order valence-electron chi connectivity index (χ3n) is 3.52. The number of rotatable bonds is 2. The summed E-state index contributed by atoms with van der Waals surface area (Å²) in [5.41, 5.74) is 0.970. The van der Waals surface area contributed by atoms with Crippen LogP contribution >= 0.6 is 22.6 Å². The molecular weight excluding hydrogens is 315 g/mol. The fourth-order valence-electron chi connectivity index (χ4n) is 2.70. The van der Waals surface area contributed by atoms with Crippen molar-refractivity contribution in [2.45, 2.75) is 39.0 Å². The van der Waals surface area contributed by atoms with E-state index in [0.717, 1.165) is 25.7 Å². The molecule has 1 atom stereocenters. The minimum atomic E-state index is -0.320. The largest absolute Gasteiger partial charge is 0.465 e. The molecule has 1 saturated carbocycles. The van der Waals surface area contributed by atoms with Gasteiger partial charge in [-0.2, -0.15) is 0 Å². The molecule has 0 heterocycles. The van der Waals surface area contributed by atoms with Crippen molar-refractivity contribution in [2.75, 3.05) is 6.61 Å². The van der Waals surface area contributed by atoms with Gasteiger partial charge in [-0.15, -0.1) is 0 Å². The number of esters is 1. The first kappa shape index (κ1) is 12.1. The Morgan fingerprint density at radius 3 is 3.06 bits per heavy atom. The lowest BCUT2D eigenvalue weighted by molar-refractivity contribution is -0.154. The number of allylic oxidation sites excluding steroid dienone is 3. The summed E-state index contributed by atoms with van der Waals surface area (Å²) in [6.07, 6.45) is 9.48. The van der Waals surface area contributed by atoms with Crippen molar-refractivity contribution in [3.05, 3.63) is 21.3 Å². The standard InChI is InChI=1S/C13H17IO2/c1-2-16-12(15)13-8-4-3-5-10(13)6-7-11(14)9-13/h6-7H,2-5,8-9H2,1H3. The van der Waals surface area contributed by atoms with E-state index in [2.05, 4.69) is 34.7 Å². The summed E-state index contributed by atoms with van der Waals surface area (Å²) < 4.78 is 6.54. The number of halogens is 1. The van der Waals surface area contributed by atoms with Crippen molar-refractivity contribution < 1.29 is 9.53 Å². The van der Waals surface area contributed by atoms with E-state index in [-0.39, 0.29) is 11.4 Å². The summed E-state index contributed by atoms with van der Waals surface area (Å²) in [7, 11) is 0. The smallest absolute Gasteiger partial charge is 0.316 e. The highest BCUT2D eigenvalue weighted by Gasteiger charge is 2.45. The van der Waals surface area contributed by atoms with Gasteiger partial charge in [-0.25, -0.2) is 0 Å². The van der Waals surface area contributed by atoms with Crippen LogP contribution in [0.4, 0.5) is 0 Å². The Bertz CT molecular complexity index is 357. The van der Waals surface area contributed by atoms with Crippen LogP contribution in [-0.2, 0) is 9.53 Å². The van der Waals surface area contributed by atoms with E-state index in [9.17, 15) is 4.79 Å². The Morgan fingerprint density at radius 2 is 2.31 bits per heavy atom. The van der Waals surface area contributed by atoms with E-state index < -0.39 is 0 Å². The molecule has 0 aromatic rings. The second-order valence-corrected chi connectivity index (χ2v) is 5.88. The number of hydrogen-bond donors (Lipinski definition) is 0. The van der Waals surface area contributed by atoms with Crippen LogP contribution in [0.2, 0.25) is 0 Å². The minimum absolute atomic E-state index is 0.0109. The number of carbonyl (C=O) groups excluding carboxylic acids is 1. The van der Waals surface area contributed by atoms with E-state index in [1.54, 1.807) is 0 Å². The Kier molecular flexibility index (Phi) is 3.72. The summed E-state index contributed by atoms with van der Waals surface area (Å²) >= 11 is 2.33. The summed E-state index contributed by atoms with van der Waals surface area (Å²) in [6, 6.07) is 0. The number of fused-ring (bicyclic) bond motifs is 1. The highest BCUT2D eigenvalue weighted by atomic mass is 127. The number of hydrogen-bond acceptors (Lipinski definition) is 2. The second kappa shape index (κ2) is 4.90. The van der Waals surface area contributed by atoms with Crippen LogP contribution in [0.1, 0.15) is 39.0 Å². The molecule has 2 aliphatic carbocycles. The maximum absolute atomic E-state index is 12.2. The van der Waals surface area contributed by atoms with Gasteiger partial charge < -0.3 is 4.74 Å². The van der Waals surface area contributed by atoms with E-state index in [0.29, 0.717) is 6.61 Å². The van der Waals surface area contributed by atoms with Gasteiger partial charge in [-0.05, 0) is 58.8 Å². The normalized spacial score (nSPS) is 28.9. The molecule has 0 bridgehead atoms. The van der Waals surface area contributed by atoms with Crippen LogP contribution in [0, 0.1) is 5.41 Å². The Labute approximate surface area is 110 Å². The first-order chi connectivity index (χ1) is 7.69. The lowest BCUT2D eigenvalue weighted by Gasteiger charge is -2.39. The molecule has 0 radical (unpaired) electrons. The van der Waals surface area contributed by atoms with Crippen molar-refractivity contribution in [1.29, 1.82) is 0 Å². The zero-order valence-corrected chi connectivity index (χ0v) is 11.7. The van der Waals surface area contributed by atoms with E-state index in [1.165, 1.54) is 15.6 Å². The van der Waals surface area contributed by atoms with Crippen LogP contribution < -0.4 is 0 Å². The zero-order valence-electron chi connectivity index (χ0n) is 9.59. The van der Waals surface area contributed by atoms with E-state index >= 15 is 0 Å². The second-order valence-electron chi connectivity index (χ2n) is 4.49. The molecule has 0 saturated heterocycles. The number of ether oxygens (including phenoxy) is 1. The van der Waals surface area contributed by atoms with Crippen molar-refractivity contribution in [3.8, 4) is 0 Å². The zero-order chi connectivity index (χ0) is 11.6. The molecular formula is C13H17IO2. The molecule has 0 aromatic heterocycles. The first-order valence-corrected chi connectivity index (χ1v) is 7.00. The van der Waals surface area contributed by atoms with Crippen LogP contribution in [0.5, 0.6) is 0 Å². The SMILES string of the molecule is CCOC(=O)C12CCCCC1=CC=C(I)C2. The van der Waals surface area contributed by atoms with Crippen molar-refractivity contribution in [3.63, 3.8) is 0 Å². The molecule has 0 N–H and O–H groups in total. The Morgan fingerprint density at radius 1 is 1.50 bits per heavy atom. The molecule has 16 heavy (non-hydrogen) atoms. The van der Waals surface area contributed by atoms with Gasteiger partial charge in [0.1, 0.15) is 0 Å². The maximum atomic E-state index is 12.2. The molecule has 88 valence electrons. The lowest BCUT2D eigenvalue weighted by atomic mass is 9.66. The Hall–Kier alpha value is -0.320. The van der Waals surface area contributed by atoms with Crippen molar-refractivity contribution >= 4 is 28.6 Å². The average molecular weight is 332 g/mol. The molecule has 2 aliphatic rings. The third kappa shape index (κ3) is 2.06. The average Bonchev–Trinajstić information content (AvgIpc) is 2.29. The first-order valence-electron chi connectivity index (χ1n) is 5.92. The molecule has 2 nitrogen and oxygen atoms in total. The molecule has 0 aromatic carbocycles. The van der Waals surface area contributed by atoms with Crippen LogP contribution in [0.15, 0.2) is 21.3 Å². The molecule has 0 aliphatic heterocycles. The quantitative estimate of drug-likeness (QED) is 0.569. The lowest BCUT2D eigenvalue weighted by Crippen LogP contribution is -2.38. The topological polar surface area (TPSA) is 26.3 Å². The van der Waals surface area contributed by atoms with E-state index in [4.69, 9.17) is 4.74 Å². The molecule has 3 heteroatoms. The van der Waals surface area contributed by atoms with Gasteiger partial charge in [0.2, 0.25) is 0 Å². The molecule has 2 rings (SSSR count). The predicted octanol–water partition coefficient (Wildman–Crippen LogP) is 3.76. The summed E-state index contributed by atoms with van der Waals surface area (Å²) in [4.78, 5) is 12.2. The third-order valence-corrected chi connectivity index (χ3v) is 4.26. The number of carbonyl (C=O) groups is 1. The van der Waals surface area contributed by atoms with Gasteiger partial charge in [0.05, 0.1) is 12.0 Å². The fraction of sp³-hybridized carbons (Fsp3) is 0.615. The van der Waals surface area contributed by atoms with Crippen LogP contribution in [-0.4, -0.2) is 12.6 Å². The minimum Gasteiger partial charge on any atom is -0.465 e. The maximum Gasteiger partial charge on any atom is 0.316 e. The summed E-state index contributed by atoms with van der Waals surface area (Å²) in [5.74, 6) is -0.0109. The van der Waals surface area contributed by atoms with E-state index in [1.807, 2.05) is 6.92 Å². The van der Waals surface area contributed by atoms with Crippen LogP contribution in [0.3, 0.4) is 0 Å². The van der Waals surface area contributed by atoms with Gasteiger partial charge in [0.15, 0.2) is 0 Å². The van der Waals surface area contributed by atoms with Crippen molar-refractivity contribution in [2.24, 2.45) is 5.41 Å². The van der Waals surface area contributed by atoms with Gasteiger partial charge in [0.25, 0.3) is 0 Å². The Balaban J connectivity index is 2.31. The van der Waals surface area contributed by atoms with Gasteiger partial charge in [0, 0.05) is 0 Å². The monoisotopic (exact) mass is 332 g/mol. The summed E-state index contributed by atoms with van der Waals surface area (Å²) in [5, 5.41) is 0. The van der Waals surface area contributed by atoms with Gasteiger partial charge in [-0.1, -0.05) is 24.1 Å². The highest BCUT2D eigenvalue weighted by Crippen LogP contribution is 2.49. The molecule has 0 amide bonds. The molecule has 0 spiro atoms. The van der Waals surface area contributed by atoms with Crippen molar-refractivity contribution in [1.82, 2.24) is 0 Å². The molecule has 1 fully saturated rings. The predicted molar refractivity (Wildman–Crippen MR) is 72.3 cm³/mol. The fourth-order valence-corrected chi connectivity index (χ4v) is 3.53. The highest BCUT2D eigenvalue weighted by molar-refractivity contribution is 14.1. The van der Waals surface area contributed by atoms with Crippen LogP contribution in [0.25, 0.3) is 0 Å². The molecule has 1 unspecified atom stereocenters. The van der Waals surface area contributed by atoms with Gasteiger partial charge >= 0.3 is 5.97 Å². The summed E-state index contributed by atoms with van der Waals surface area (Å²) in [6.45, 7) is 2.36. The van der Waals surface area contributed by atoms with Gasteiger partial charge in [-0.3, -0.25) is 4.79 Å².